The Bertz CT molecular complexity index is 906. The van der Waals surface area contributed by atoms with Gasteiger partial charge < -0.3 is 4.74 Å². The Morgan fingerprint density at radius 2 is 1.84 bits per heavy atom. The summed E-state index contributed by atoms with van der Waals surface area (Å²) in [6.07, 6.45) is 1.96. The molecular formula is C19H15BrF2O2S. The smallest absolute Gasteiger partial charge is 0.210 e. The van der Waals surface area contributed by atoms with Crippen LogP contribution in [0.3, 0.4) is 0 Å². The van der Waals surface area contributed by atoms with E-state index < -0.39 is 17.2 Å². The molecule has 0 saturated carbocycles. The molecule has 3 rings (SSSR count). The number of carbonyl (C=O) groups is 1. The first-order valence-corrected chi connectivity index (χ1v) is 9.54. The van der Waals surface area contributed by atoms with Crippen molar-refractivity contribution in [2.45, 2.75) is 24.3 Å². The van der Waals surface area contributed by atoms with Gasteiger partial charge >= 0.3 is 0 Å². The molecule has 25 heavy (non-hydrogen) atoms. The highest BCUT2D eigenvalue weighted by atomic mass is 79.9. The van der Waals surface area contributed by atoms with Crippen molar-refractivity contribution < 1.29 is 18.3 Å². The Kier molecular flexibility index (Phi) is 4.77. The van der Waals surface area contributed by atoms with Crippen LogP contribution in [-0.2, 0) is 9.53 Å². The highest BCUT2D eigenvalue weighted by molar-refractivity contribution is 9.10. The minimum absolute atomic E-state index is 0.0389. The molecule has 2 aromatic rings. The zero-order chi connectivity index (χ0) is 18.4. The van der Waals surface area contributed by atoms with E-state index in [9.17, 15) is 13.6 Å². The van der Waals surface area contributed by atoms with Gasteiger partial charge in [-0.25, -0.2) is 8.78 Å². The summed E-state index contributed by atoms with van der Waals surface area (Å²) in [6.45, 7) is 3.27. The number of hydrogen-bond acceptors (Lipinski definition) is 3. The summed E-state index contributed by atoms with van der Waals surface area (Å²) >= 11 is 5.07. The number of Topliss-reactive ketones (excluding diaryl/α,β-unsaturated/α-hetero) is 1. The third kappa shape index (κ3) is 3.25. The van der Waals surface area contributed by atoms with Crippen molar-refractivity contribution >= 4 is 44.8 Å². The monoisotopic (exact) mass is 424 g/mol. The van der Waals surface area contributed by atoms with Crippen LogP contribution < -0.4 is 0 Å². The zero-order valence-electron chi connectivity index (χ0n) is 13.8. The maximum atomic E-state index is 14.3. The van der Waals surface area contributed by atoms with E-state index in [0.29, 0.717) is 11.3 Å². The first kappa shape index (κ1) is 18.1. The maximum Gasteiger partial charge on any atom is 0.210 e. The van der Waals surface area contributed by atoms with E-state index in [2.05, 4.69) is 15.9 Å². The fourth-order valence-electron chi connectivity index (χ4n) is 2.70. The highest BCUT2D eigenvalue weighted by Gasteiger charge is 2.43. The number of thioether (sulfide) groups is 1. The molecule has 1 aliphatic rings. The Morgan fingerprint density at radius 1 is 1.12 bits per heavy atom. The van der Waals surface area contributed by atoms with Crippen molar-refractivity contribution in [1.29, 1.82) is 0 Å². The van der Waals surface area contributed by atoms with Crippen LogP contribution in [0.4, 0.5) is 8.78 Å². The van der Waals surface area contributed by atoms with Crippen molar-refractivity contribution in [1.82, 2.24) is 0 Å². The van der Waals surface area contributed by atoms with E-state index in [1.54, 1.807) is 25.6 Å². The molecular weight excluding hydrogens is 410 g/mol. The van der Waals surface area contributed by atoms with Crippen LogP contribution in [0.15, 0.2) is 45.8 Å². The minimum Gasteiger partial charge on any atom is -0.478 e. The molecule has 0 fully saturated rings. The van der Waals surface area contributed by atoms with Gasteiger partial charge in [-0.1, -0.05) is 6.07 Å². The van der Waals surface area contributed by atoms with Gasteiger partial charge in [-0.2, -0.15) is 0 Å². The van der Waals surface area contributed by atoms with Crippen molar-refractivity contribution in [3.05, 3.63) is 63.6 Å². The van der Waals surface area contributed by atoms with Crippen molar-refractivity contribution in [2.75, 3.05) is 6.26 Å². The standard InChI is InChI=1S/C19H15BrF2O2S/c1-19(2)18(23)16(12-6-5-11(21)9-14(12)22)17(24-19)10-4-7-15(25-3)13(20)8-10/h4-9H,1-3H3. The van der Waals surface area contributed by atoms with Gasteiger partial charge in [0.1, 0.15) is 17.4 Å². The second-order valence-corrected chi connectivity index (χ2v) is 7.82. The van der Waals surface area contributed by atoms with Crippen LogP contribution >= 0.6 is 27.7 Å². The summed E-state index contributed by atoms with van der Waals surface area (Å²) in [6, 6.07) is 8.72. The van der Waals surface area contributed by atoms with Gasteiger partial charge in [0.15, 0.2) is 5.60 Å². The SMILES string of the molecule is CSc1ccc(C2=C(c3ccc(F)cc3F)C(=O)C(C)(C)O2)cc1Br. The average molecular weight is 425 g/mol. The van der Waals surface area contributed by atoms with Crippen LogP contribution in [-0.4, -0.2) is 17.6 Å². The van der Waals surface area contributed by atoms with Crippen LogP contribution in [0.25, 0.3) is 11.3 Å². The summed E-state index contributed by atoms with van der Waals surface area (Å²) in [5.41, 5.74) is -0.290. The van der Waals surface area contributed by atoms with E-state index in [0.717, 1.165) is 21.5 Å². The second-order valence-electron chi connectivity index (χ2n) is 6.12. The minimum atomic E-state index is -1.11. The molecule has 0 saturated heterocycles. The van der Waals surface area contributed by atoms with E-state index in [4.69, 9.17) is 4.74 Å². The van der Waals surface area contributed by atoms with Crippen LogP contribution in [0.1, 0.15) is 25.0 Å². The number of halogens is 3. The predicted octanol–water partition coefficient (Wildman–Crippen LogP) is 5.70. The summed E-state index contributed by atoms with van der Waals surface area (Å²) < 4.78 is 34.3. The van der Waals surface area contributed by atoms with Gasteiger partial charge in [-0.05, 0) is 60.3 Å². The molecule has 0 aromatic heterocycles. The Morgan fingerprint density at radius 3 is 2.44 bits per heavy atom. The van der Waals surface area contributed by atoms with Gasteiger partial charge in [0.2, 0.25) is 5.78 Å². The fraction of sp³-hybridized carbons (Fsp3) is 0.211. The van der Waals surface area contributed by atoms with Crippen molar-refractivity contribution in [3.63, 3.8) is 0 Å². The molecule has 0 atom stereocenters. The molecule has 0 bridgehead atoms. The number of benzene rings is 2. The van der Waals surface area contributed by atoms with Crippen LogP contribution in [0, 0.1) is 11.6 Å². The lowest BCUT2D eigenvalue weighted by Gasteiger charge is -2.18. The lowest BCUT2D eigenvalue weighted by atomic mass is 9.92. The molecule has 0 unspecified atom stereocenters. The summed E-state index contributed by atoms with van der Waals surface area (Å²) in [4.78, 5) is 13.8. The number of ether oxygens (including phenoxy) is 1. The predicted molar refractivity (Wildman–Crippen MR) is 99.3 cm³/mol. The normalized spacial score (nSPS) is 16.3. The summed E-state index contributed by atoms with van der Waals surface area (Å²) in [5, 5.41) is 0. The van der Waals surface area contributed by atoms with E-state index in [-0.39, 0.29) is 16.9 Å². The van der Waals surface area contributed by atoms with Gasteiger partial charge in [-0.15, -0.1) is 11.8 Å². The number of carbonyl (C=O) groups excluding carboxylic acids is 1. The first-order valence-electron chi connectivity index (χ1n) is 7.52. The molecule has 6 heteroatoms. The van der Waals surface area contributed by atoms with Gasteiger partial charge in [-0.3, -0.25) is 4.79 Å². The fourth-order valence-corrected chi connectivity index (χ4v) is 4.03. The third-order valence-corrected chi connectivity index (χ3v) is 5.69. The van der Waals surface area contributed by atoms with Gasteiger partial charge in [0.25, 0.3) is 0 Å². The molecule has 0 spiro atoms. The molecule has 0 N–H and O–H groups in total. The molecule has 0 aliphatic carbocycles. The van der Waals surface area contributed by atoms with Crippen molar-refractivity contribution in [3.8, 4) is 0 Å². The Balaban J connectivity index is 2.23. The topological polar surface area (TPSA) is 26.3 Å². The van der Waals surface area contributed by atoms with Crippen LogP contribution in [0.5, 0.6) is 0 Å². The largest absolute Gasteiger partial charge is 0.478 e. The third-order valence-electron chi connectivity index (χ3n) is 3.97. The molecule has 1 aliphatic heterocycles. The van der Waals surface area contributed by atoms with E-state index in [1.807, 2.05) is 24.5 Å². The highest BCUT2D eigenvalue weighted by Crippen LogP contribution is 2.43. The molecule has 2 nitrogen and oxygen atoms in total. The van der Waals surface area contributed by atoms with Gasteiger partial charge in [0, 0.05) is 26.6 Å². The van der Waals surface area contributed by atoms with Gasteiger partial charge in [0.05, 0.1) is 5.57 Å². The van der Waals surface area contributed by atoms with Crippen LogP contribution in [0.2, 0.25) is 0 Å². The summed E-state index contributed by atoms with van der Waals surface area (Å²) in [5.74, 6) is -1.52. The zero-order valence-corrected chi connectivity index (χ0v) is 16.2. The summed E-state index contributed by atoms with van der Waals surface area (Å²) in [7, 11) is 0. The second kappa shape index (κ2) is 6.57. The maximum absolute atomic E-state index is 14.3. The number of ketones is 1. The molecule has 0 amide bonds. The molecule has 1 heterocycles. The average Bonchev–Trinajstić information content (AvgIpc) is 2.78. The lowest BCUT2D eigenvalue weighted by Crippen LogP contribution is -2.29. The number of hydrogen-bond donors (Lipinski definition) is 0. The Hall–Kier alpha value is -1.66. The number of rotatable bonds is 3. The van der Waals surface area contributed by atoms with Crippen molar-refractivity contribution in [2.24, 2.45) is 0 Å². The molecule has 0 radical (unpaired) electrons. The van der Waals surface area contributed by atoms with E-state index >= 15 is 0 Å². The molecule has 2 aromatic carbocycles. The first-order chi connectivity index (χ1) is 11.7. The van der Waals surface area contributed by atoms with E-state index in [1.165, 1.54) is 6.07 Å². The lowest BCUT2D eigenvalue weighted by molar-refractivity contribution is -0.125. The Labute approximate surface area is 157 Å². The quantitative estimate of drug-likeness (QED) is 0.591. The molecule has 130 valence electrons.